The predicted molar refractivity (Wildman–Crippen MR) is 60.8 cm³/mol. The summed E-state index contributed by atoms with van der Waals surface area (Å²) in [4.78, 5) is 4.87. The van der Waals surface area contributed by atoms with E-state index in [0.717, 1.165) is 24.6 Å². The zero-order chi connectivity index (χ0) is 10.7. The lowest BCUT2D eigenvalue weighted by molar-refractivity contribution is 0.247. The second-order valence-corrected chi connectivity index (χ2v) is 4.45. The predicted octanol–water partition coefficient (Wildman–Crippen LogP) is 1.73. The van der Waals surface area contributed by atoms with Crippen LogP contribution in [0, 0.1) is 6.92 Å². The lowest BCUT2D eigenvalue weighted by Crippen LogP contribution is -2.28. The van der Waals surface area contributed by atoms with E-state index < -0.39 is 0 Å². The van der Waals surface area contributed by atoms with Crippen LogP contribution in [0.2, 0.25) is 0 Å². The lowest BCUT2D eigenvalue weighted by Gasteiger charge is -2.18. The van der Waals surface area contributed by atoms with Crippen LogP contribution in [0.15, 0.2) is 16.5 Å². The van der Waals surface area contributed by atoms with Gasteiger partial charge in [-0.05, 0) is 45.6 Å². The number of hydrogen-bond donors (Lipinski definition) is 0. The van der Waals surface area contributed by atoms with Crippen molar-refractivity contribution in [3.63, 3.8) is 0 Å². The molecule has 0 saturated carbocycles. The molecule has 15 heavy (non-hydrogen) atoms. The summed E-state index contributed by atoms with van der Waals surface area (Å²) >= 11 is 0. The fourth-order valence-corrected chi connectivity index (χ4v) is 2.05. The van der Waals surface area contributed by atoms with E-state index in [4.69, 9.17) is 4.42 Å². The third kappa shape index (κ3) is 3.08. The molecule has 1 fully saturated rings. The largest absolute Gasteiger partial charge is 0.465 e. The normalized spacial score (nSPS) is 20.4. The van der Waals surface area contributed by atoms with Gasteiger partial charge in [-0.1, -0.05) is 0 Å². The monoisotopic (exact) mass is 208 g/mol. The standard InChI is InChI=1S/C12H20N2O/c1-11-4-5-12(15-11)10-14-7-3-6-13(2)8-9-14/h4-5H,3,6-10H2,1-2H3. The molecule has 0 aromatic carbocycles. The highest BCUT2D eigenvalue weighted by molar-refractivity contribution is 5.05. The van der Waals surface area contributed by atoms with Crippen LogP contribution in [0.5, 0.6) is 0 Å². The summed E-state index contributed by atoms with van der Waals surface area (Å²) in [6, 6.07) is 4.13. The first kappa shape index (κ1) is 10.7. The van der Waals surface area contributed by atoms with Gasteiger partial charge >= 0.3 is 0 Å². The second-order valence-electron chi connectivity index (χ2n) is 4.45. The molecule has 0 radical (unpaired) electrons. The number of nitrogens with zero attached hydrogens (tertiary/aromatic N) is 2. The summed E-state index contributed by atoms with van der Waals surface area (Å²) in [5, 5.41) is 0. The Kier molecular flexibility index (Phi) is 3.44. The Morgan fingerprint density at radius 2 is 2.07 bits per heavy atom. The highest BCUT2D eigenvalue weighted by Crippen LogP contribution is 2.11. The molecular weight excluding hydrogens is 188 g/mol. The smallest absolute Gasteiger partial charge is 0.118 e. The van der Waals surface area contributed by atoms with Crippen LogP contribution in [0.25, 0.3) is 0 Å². The maximum Gasteiger partial charge on any atom is 0.118 e. The molecule has 1 aromatic heterocycles. The molecule has 0 N–H and O–H groups in total. The molecule has 1 aliphatic rings. The maximum absolute atomic E-state index is 5.60. The molecule has 1 aromatic rings. The fourth-order valence-electron chi connectivity index (χ4n) is 2.05. The Morgan fingerprint density at radius 3 is 2.80 bits per heavy atom. The van der Waals surface area contributed by atoms with Crippen LogP contribution in [-0.4, -0.2) is 43.0 Å². The summed E-state index contributed by atoms with van der Waals surface area (Å²) in [5.41, 5.74) is 0. The number of hydrogen-bond acceptors (Lipinski definition) is 3. The summed E-state index contributed by atoms with van der Waals surface area (Å²) < 4.78 is 5.60. The molecule has 2 heterocycles. The highest BCUT2D eigenvalue weighted by atomic mass is 16.3. The molecule has 0 aliphatic carbocycles. The zero-order valence-electron chi connectivity index (χ0n) is 9.70. The van der Waals surface area contributed by atoms with Crippen molar-refractivity contribution in [1.82, 2.24) is 9.80 Å². The third-order valence-corrected chi connectivity index (χ3v) is 2.99. The molecule has 3 nitrogen and oxygen atoms in total. The van der Waals surface area contributed by atoms with E-state index in [9.17, 15) is 0 Å². The van der Waals surface area contributed by atoms with Gasteiger partial charge in [-0.3, -0.25) is 4.90 Å². The van der Waals surface area contributed by atoms with E-state index in [1.807, 2.05) is 13.0 Å². The van der Waals surface area contributed by atoms with Crippen LogP contribution in [0.4, 0.5) is 0 Å². The average molecular weight is 208 g/mol. The molecule has 84 valence electrons. The molecule has 1 aliphatic heterocycles. The van der Waals surface area contributed by atoms with Crippen LogP contribution in [0.1, 0.15) is 17.9 Å². The van der Waals surface area contributed by atoms with Gasteiger partial charge in [0.05, 0.1) is 6.54 Å². The molecule has 0 amide bonds. The van der Waals surface area contributed by atoms with E-state index >= 15 is 0 Å². The molecule has 0 atom stereocenters. The van der Waals surface area contributed by atoms with Crippen molar-refractivity contribution in [1.29, 1.82) is 0 Å². The minimum absolute atomic E-state index is 0.960. The fraction of sp³-hybridized carbons (Fsp3) is 0.667. The van der Waals surface area contributed by atoms with Crippen LogP contribution in [0.3, 0.4) is 0 Å². The van der Waals surface area contributed by atoms with Gasteiger partial charge < -0.3 is 9.32 Å². The number of aryl methyl sites for hydroxylation is 1. The van der Waals surface area contributed by atoms with Crippen molar-refractivity contribution in [2.24, 2.45) is 0 Å². The van der Waals surface area contributed by atoms with Gasteiger partial charge in [0.25, 0.3) is 0 Å². The Bertz CT molecular complexity index is 308. The summed E-state index contributed by atoms with van der Waals surface area (Å²) in [7, 11) is 2.19. The summed E-state index contributed by atoms with van der Waals surface area (Å²) in [6.07, 6.45) is 1.26. The quantitative estimate of drug-likeness (QED) is 0.738. The molecule has 1 saturated heterocycles. The first-order valence-electron chi connectivity index (χ1n) is 5.70. The first-order chi connectivity index (χ1) is 7.24. The van der Waals surface area contributed by atoms with Crippen molar-refractivity contribution < 1.29 is 4.42 Å². The number of rotatable bonds is 2. The molecular formula is C12H20N2O. The molecule has 2 rings (SSSR count). The van der Waals surface area contributed by atoms with Gasteiger partial charge in [0.1, 0.15) is 11.5 Å². The van der Waals surface area contributed by atoms with Gasteiger partial charge in [-0.2, -0.15) is 0 Å². The zero-order valence-corrected chi connectivity index (χ0v) is 9.70. The van der Waals surface area contributed by atoms with Crippen LogP contribution < -0.4 is 0 Å². The van der Waals surface area contributed by atoms with Crippen molar-refractivity contribution >= 4 is 0 Å². The Morgan fingerprint density at radius 1 is 1.20 bits per heavy atom. The SMILES string of the molecule is Cc1ccc(CN2CCCN(C)CC2)o1. The van der Waals surface area contributed by atoms with Crippen molar-refractivity contribution in [3.8, 4) is 0 Å². The molecule has 3 heteroatoms. The van der Waals surface area contributed by atoms with Crippen LogP contribution >= 0.6 is 0 Å². The molecule has 0 bridgehead atoms. The van der Waals surface area contributed by atoms with Gasteiger partial charge in [0.15, 0.2) is 0 Å². The van der Waals surface area contributed by atoms with Crippen molar-refractivity contribution in [2.45, 2.75) is 19.9 Å². The van der Waals surface area contributed by atoms with E-state index in [0.29, 0.717) is 0 Å². The maximum atomic E-state index is 5.60. The lowest BCUT2D eigenvalue weighted by atomic mass is 10.3. The topological polar surface area (TPSA) is 19.6 Å². The van der Waals surface area contributed by atoms with Gasteiger partial charge in [0.2, 0.25) is 0 Å². The van der Waals surface area contributed by atoms with Crippen LogP contribution in [-0.2, 0) is 6.54 Å². The average Bonchev–Trinajstić information content (AvgIpc) is 2.48. The first-order valence-corrected chi connectivity index (χ1v) is 5.70. The van der Waals surface area contributed by atoms with Crippen molar-refractivity contribution in [3.05, 3.63) is 23.7 Å². The Balaban J connectivity index is 1.88. The minimum Gasteiger partial charge on any atom is -0.465 e. The van der Waals surface area contributed by atoms with Crippen molar-refractivity contribution in [2.75, 3.05) is 33.2 Å². The second kappa shape index (κ2) is 4.81. The molecule has 0 unspecified atom stereocenters. The molecule has 0 spiro atoms. The van der Waals surface area contributed by atoms with Gasteiger partial charge in [0, 0.05) is 13.1 Å². The number of furan rings is 1. The van der Waals surface area contributed by atoms with E-state index in [1.165, 1.54) is 26.1 Å². The van der Waals surface area contributed by atoms with E-state index in [1.54, 1.807) is 0 Å². The Hall–Kier alpha value is -0.800. The Labute approximate surface area is 91.7 Å². The highest BCUT2D eigenvalue weighted by Gasteiger charge is 2.13. The minimum atomic E-state index is 0.960. The van der Waals surface area contributed by atoms with E-state index in [2.05, 4.69) is 22.9 Å². The van der Waals surface area contributed by atoms with Gasteiger partial charge in [-0.25, -0.2) is 0 Å². The summed E-state index contributed by atoms with van der Waals surface area (Å²) in [6.45, 7) is 7.68. The third-order valence-electron chi connectivity index (χ3n) is 2.99. The van der Waals surface area contributed by atoms with E-state index in [-0.39, 0.29) is 0 Å². The summed E-state index contributed by atoms with van der Waals surface area (Å²) in [5.74, 6) is 2.11. The van der Waals surface area contributed by atoms with Gasteiger partial charge in [-0.15, -0.1) is 0 Å². The number of likely N-dealkylation sites (N-methyl/N-ethyl adjacent to an activating group) is 1.